The minimum absolute atomic E-state index is 0.0683. The normalized spacial score (nSPS) is 17.7. The standard InChI is InChI=1S/C33H37F3O2/c1-3-5-6-7-8-20-37-31-19-18-29(32(35)33(31)36)24-12-10-23(11-13-24)28-17-15-25(21-30(28)34)26-14-16-27(9-4-2)38-22-26/h4,9-13,15,17-19,21,26-27H,3,5-8,14,16,20,22H2,1-2H3/b9-4+. The third-order valence-corrected chi connectivity index (χ3v) is 7.24. The summed E-state index contributed by atoms with van der Waals surface area (Å²) in [6, 6.07) is 15.2. The Balaban J connectivity index is 1.41. The van der Waals surface area contributed by atoms with E-state index in [4.69, 9.17) is 9.47 Å². The number of hydrogen-bond donors (Lipinski definition) is 0. The fourth-order valence-electron chi connectivity index (χ4n) is 5.00. The van der Waals surface area contributed by atoms with Crippen LogP contribution in [0, 0.1) is 17.5 Å². The number of unbranched alkanes of at least 4 members (excludes halogenated alkanes) is 4. The van der Waals surface area contributed by atoms with Gasteiger partial charge in [-0.3, -0.25) is 0 Å². The molecule has 0 radical (unpaired) electrons. The van der Waals surface area contributed by atoms with E-state index >= 15 is 4.39 Å². The summed E-state index contributed by atoms with van der Waals surface area (Å²) < 4.78 is 56.0. The second kappa shape index (κ2) is 13.7. The zero-order valence-electron chi connectivity index (χ0n) is 22.3. The van der Waals surface area contributed by atoms with Crippen LogP contribution >= 0.6 is 0 Å². The molecule has 0 aromatic heterocycles. The van der Waals surface area contributed by atoms with Crippen LogP contribution in [0.15, 0.2) is 66.7 Å². The van der Waals surface area contributed by atoms with Crippen molar-refractivity contribution in [1.29, 1.82) is 0 Å². The van der Waals surface area contributed by atoms with E-state index in [2.05, 4.69) is 13.0 Å². The van der Waals surface area contributed by atoms with Gasteiger partial charge < -0.3 is 9.47 Å². The number of halogens is 3. The maximum Gasteiger partial charge on any atom is 0.201 e. The molecule has 1 aliphatic heterocycles. The van der Waals surface area contributed by atoms with Gasteiger partial charge in [-0.05, 0) is 61.1 Å². The number of allylic oxidation sites excluding steroid dienone is 1. The molecule has 1 fully saturated rings. The third kappa shape index (κ3) is 6.87. The molecule has 1 heterocycles. The first-order valence-corrected chi connectivity index (χ1v) is 13.8. The molecule has 3 aromatic rings. The van der Waals surface area contributed by atoms with Crippen molar-refractivity contribution in [2.75, 3.05) is 13.2 Å². The first kappa shape index (κ1) is 28.0. The lowest BCUT2D eigenvalue weighted by atomic mass is 9.89. The number of hydrogen-bond acceptors (Lipinski definition) is 2. The van der Waals surface area contributed by atoms with E-state index in [1.807, 2.05) is 19.1 Å². The van der Waals surface area contributed by atoms with Gasteiger partial charge in [0.05, 0.1) is 19.3 Å². The van der Waals surface area contributed by atoms with E-state index in [1.54, 1.807) is 36.4 Å². The van der Waals surface area contributed by atoms with Crippen molar-refractivity contribution in [3.63, 3.8) is 0 Å². The van der Waals surface area contributed by atoms with Gasteiger partial charge >= 0.3 is 0 Å². The molecular weight excluding hydrogens is 485 g/mol. The van der Waals surface area contributed by atoms with E-state index in [-0.39, 0.29) is 29.2 Å². The minimum atomic E-state index is -0.981. The summed E-state index contributed by atoms with van der Waals surface area (Å²) in [6.07, 6.45) is 11.3. The van der Waals surface area contributed by atoms with Crippen LogP contribution in [-0.4, -0.2) is 19.3 Å². The van der Waals surface area contributed by atoms with Gasteiger partial charge in [0, 0.05) is 17.0 Å². The molecule has 4 rings (SSSR count). The van der Waals surface area contributed by atoms with Crippen LogP contribution in [-0.2, 0) is 4.74 Å². The van der Waals surface area contributed by atoms with Gasteiger partial charge in [0.15, 0.2) is 11.6 Å². The second-order valence-electron chi connectivity index (χ2n) is 9.99. The zero-order chi connectivity index (χ0) is 26.9. The summed E-state index contributed by atoms with van der Waals surface area (Å²) in [5.41, 5.74) is 2.74. The van der Waals surface area contributed by atoms with Crippen molar-refractivity contribution in [3.8, 4) is 28.0 Å². The SMILES string of the molecule is C/C=C/C1CCC(c2ccc(-c3ccc(-c4ccc(OCCCCCCC)c(F)c4F)cc3)c(F)c2)CO1. The molecule has 2 unspecified atom stereocenters. The Morgan fingerprint density at radius 1 is 0.842 bits per heavy atom. The first-order chi connectivity index (χ1) is 18.5. The number of ether oxygens (including phenoxy) is 2. The molecule has 5 heteroatoms. The van der Waals surface area contributed by atoms with Gasteiger partial charge in [0.25, 0.3) is 0 Å². The Bertz CT molecular complexity index is 1210. The van der Waals surface area contributed by atoms with Crippen molar-refractivity contribution < 1.29 is 22.6 Å². The van der Waals surface area contributed by atoms with Crippen LogP contribution in [0.25, 0.3) is 22.3 Å². The predicted molar refractivity (Wildman–Crippen MR) is 148 cm³/mol. The van der Waals surface area contributed by atoms with Crippen LogP contribution in [0.1, 0.15) is 70.3 Å². The van der Waals surface area contributed by atoms with Gasteiger partial charge in [0.1, 0.15) is 5.82 Å². The summed E-state index contributed by atoms with van der Waals surface area (Å²) in [5.74, 6) is -2.12. The van der Waals surface area contributed by atoms with Crippen LogP contribution in [0.5, 0.6) is 5.75 Å². The topological polar surface area (TPSA) is 18.5 Å². The Hall–Kier alpha value is -3.05. The lowest BCUT2D eigenvalue weighted by Gasteiger charge is -2.28. The fourth-order valence-corrected chi connectivity index (χ4v) is 5.00. The second-order valence-corrected chi connectivity index (χ2v) is 9.99. The minimum Gasteiger partial charge on any atom is -0.490 e. The van der Waals surface area contributed by atoms with Crippen molar-refractivity contribution in [3.05, 3.63) is 89.8 Å². The largest absolute Gasteiger partial charge is 0.490 e. The molecule has 3 aromatic carbocycles. The highest BCUT2D eigenvalue weighted by Crippen LogP contribution is 2.34. The Labute approximate surface area is 224 Å². The maximum atomic E-state index is 15.1. The molecule has 202 valence electrons. The van der Waals surface area contributed by atoms with E-state index in [9.17, 15) is 8.78 Å². The highest BCUT2D eigenvalue weighted by molar-refractivity contribution is 5.71. The molecule has 1 aliphatic rings. The van der Waals surface area contributed by atoms with E-state index in [0.29, 0.717) is 29.9 Å². The van der Waals surface area contributed by atoms with Crippen molar-refractivity contribution in [2.24, 2.45) is 0 Å². The Kier molecular flexibility index (Phi) is 10.1. The summed E-state index contributed by atoms with van der Waals surface area (Å²) in [7, 11) is 0. The van der Waals surface area contributed by atoms with E-state index in [0.717, 1.165) is 44.1 Å². The lowest BCUT2D eigenvalue weighted by molar-refractivity contribution is 0.0326. The number of benzene rings is 3. The van der Waals surface area contributed by atoms with Gasteiger partial charge in [0.2, 0.25) is 5.82 Å². The monoisotopic (exact) mass is 522 g/mol. The summed E-state index contributed by atoms with van der Waals surface area (Å²) >= 11 is 0. The summed E-state index contributed by atoms with van der Waals surface area (Å²) in [4.78, 5) is 0. The molecule has 0 amide bonds. The van der Waals surface area contributed by atoms with Gasteiger partial charge in [-0.15, -0.1) is 0 Å². The molecular formula is C33H37F3O2. The quantitative estimate of drug-likeness (QED) is 0.184. The molecule has 0 saturated carbocycles. The highest BCUT2D eigenvalue weighted by atomic mass is 19.2. The Morgan fingerprint density at radius 3 is 2.21 bits per heavy atom. The highest BCUT2D eigenvalue weighted by Gasteiger charge is 2.22. The molecule has 0 N–H and O–H groups in total. The van der Waals surface area contributed by atoms with Gasteiger partial charge in [-0.2, -0.15) is 4.39 Å². The molecule has 1 saturated heterocycles. The molecule has 2 atom stereocenters. The van der Waals surface area contributed by atoms with Crippen molar-refractivity contribution in [2.45, 2.75) is 70.8 Å². The lowest BCUT2D eigenvalue weighted by Crippen LogP contribution is -2.23. The van der Waals surface area contributed by atoms with Crippen molar-refractivity contribution in [1.82, 2.24) is 0 Å². The first-order valence-electron chi connectivity index (χ1n) is 13.8. The van der Waals surface area contributed by atoms with Crippen LogP contribution < -0.4 is 4.74 Å². The third-order valence-electron chi connectivity index (χ3n) is 7.24. The summed E-state index contributed by atoms with van der Waals surface area (Å²) in [5, 5.41) is 0. The van der Waals surface area contributed by atoms with Crippen LogP contribution in [0.2, 0.25) is 0 Å². The molecule has 2 nitrogen and oxygen atoms in total. The van der Waals surface area contributed by atoms with Crippen molar-refractivity contribution >= 4 is 0 Å². The van der Waals surface area contributed by atoms with Crippen LogP contribution in [0.4, 0.5) is 13.2 Å². The Morgan fingerprint density at radius 2 is 1.55 bits per heavy atom. The number of rotatable bonds is 11. The molecule has 0 spiro atoms. The predicted octanol–water partition coefficient (Wildman–Crippen LogP) is 9.63. The van der Waals surface area contributed by atoms with Crippen LogP contribution in [0.3, 0.4) is 0 Å². The molecule has 0 aliphatic carbocycles. The smallest absolute Gasteiger partial charge is 0.201 e. The fraction of sp³-hybridized carbons (Fsp3) is 0.394. The van der Waals surface area contributed by atoms with E-state index in [1.165, 1.54) is 18.6 Å². The average molecular weight is 523 g/mol. The van der Waals surface area contributed by atoms with E-state index < -0.39 is 11.6 Å². The van der Waals surface area contributed by atoms with Gasteiger partial charge in [-0.1, -0.05) is 81.2 Å². The molecule has 0 bridgehead atoms. The van der Waals surface area contributed by atoms with Gasteiger partial charge in [-0.25, -0.2) is 8.78 Å². The zero-order valence-corrected chi connectivity index (χ0v) is 22.3. The average Bonchev–Trinajstić information content (AvgIpc) is 2.94. The molecule has 38 heavy (non-hydrogen) atoms. The maximum absolute atomic E-state index is 15.1. The summed E-state index contributed by atoms with van der Waals surface area (Å²) in [6.45, 7) is 5.07.